The Kier molecular flexibility index (Phi) is 2.14. The summed E-state index contributed by atoms with van der Waals surface area (Å²) >= 11 is 5.98. The van der Waals surface area contributed by atoms with Crippen LogP contribution in [0.5, 0.6) is 0 Å². The van der Waals surface area contributed by atoms with Gasteiger partial charge in [-0.05, 0) is 17.5 Å². The van der Waals surface area contributed by atoms with Crippen LogP contribution in [0.4, 0.5) is 0 Å². The molecule has 0 aliphatic carbocycles. The molecule has 0 saturated carbocycles. The van der Waals surface area contributed by atoms with Gasteiger partial charge in [0, 0.05) is 16.0 Å². The number of halogens is 1. The summed E-state index contributed by atoms with van der Waals surface area (Å²) in [6.07, 6.45) is 0. The number of hydrogen-bond donors (Lipinski definition) is 1. The summed E-state index contributed by atoms with van der Waals surface area (Å²) < 4.78 is 0. The number of primary amides is 1. The molecule has 0 spiro atoms. The van der Waals surface area contributed by atoms with Gasteiger partial charge in [0.25, 0.3) is 0 Å². The Morgan fingerprint density at radius 2 is 1.71 bits per heavy atom. The minimum absolute atomic E-state index is 0.433. The number of hydrogen-bond acceptors (Lipinski definition) is 1. The number of benzene rings is 2. The van der Waals surface area contributed by atoms with E-state index in [-0.39, 0.29) is 0 Å². The molecule has 2 rings (SSSR count). The smallest absolute Gasteiger partial charge is 0.249 e. The number of carbonyl (C=O) groups is 1. The lowest BCUT2D eigenvalue weighted by Gasteiger charge is -2.03. The van der Waals surface area contributed by atoms with E-state index in [0.717, 1.165) is 10.8 Å². The highest BCUT2D eigenvalue weighted by molar-refractivity contribution is 6.36. The lowest BCUT2D eigenvalue weighted by atomic mass is 10.0. The Morgan fingerprint density at radius 1 is 1.07 bits per heavy atom. The van der Waals surface area contributed by atoms with Gasteiger partial charge < -0.3 is 5.73 Å². The zero-order valence-electron chi connectivity index (χ0n) is 7.33. The predicted octanol–water partition coefficient (Wildman–Crippen LogP) is 2.59. The fourth-order valence-corrected chi connectivity index (χ4v) is 1.72. The standard InChI is InChI=1S/C11H8ClNO/c12-10-6-2-3-7-8(10)4-1-5-9(7)11(13)14/h1-6H,(H2,13,14). The van der Waals surface area contributed by atoms with Gasteiger partial charge in [0.05, 0.1) is 0 Å². The van der Waals surface area contributed by atoms with E-state index in [2.05, 4.69) is 0 Å². The first-order chi connectivity index (χ1) is 6.70. The number of carbonyl (C=O) groups excluding carboxylic acids is 1. The second-order valence-corrected chi connectivity index (χ2v) is 3.41. The molecule has 0 aromatic heterocycles. The molecular weight excluding hydrogens is 198 g/mol. The molecule has 14 heavy (non-hydrogen) atoms. The lowest BCUT2D eigenvalue weighted by molar-refractivity contribution is 0.100. The van der Waals surface area contributed by atoms with E-state index in [4.69, 9.17) is 17.3 Å². The highest BCUT2D eigenvalue weighted by atomic mass is 35.5. The Bertz CT molecular complexity index is 508. The summed E-state index contributed by atoms with van der Waals surface area (Å²) in [6, 6.07) is 10.8. The van der Waals surface area contributed by atoms with Crippen LogP contribution in [-0.2, 0) is 0 Å². The molecule has 0 unspecified atom stereocenters. The highest BCUT2D eigenvalue weighted by Crippen LogP contribution is 2.25. The second kappa shape index (κ2) is 3.31. The largest absolute Gasteiger partial charge is 0.366 e. The van der Waals surface area contributed by atoms with E-state index in [1.54, 1.807) is 24.3 Å². The summed E-state index contributed by atoms with van der Waals surface area (Å²) in [7, 11) is 0. The van der Waals surface area contributed by atoms with E-state index in [9.17, 15) is 4.79 Å². The maximum atomic E-state index is 11.1. The minimum atomic E-state index is -0.433. The number of fused-ring (bicyclic) bond motifs is 1. The van der Waals surface area contributed by atoms with E-state index < -0.39 is 5.91 Å². The molecule has 2 nitrogen and oxygen atoms in total. The van der Waals surface area contributed by atoms with E-state index in [1.807, 2.05) is 12.1 Å². The molecule has 0 radical (unpaired) electrons. The van der Waals surface area contributed by atoms with Gasteiger partial charge in [-0.15, -0.1) is 0 Å². The molecule has 0 fully saturated rings. The van der Waals surface area contributed by atoms with Crippen molar-refractivity contribution in [2.75, 3.05) is 0 Å². The first-order valence-electron chi connectivity index (χ1n) is 4.17. The van der Waals surface area contributed by atoms with Gasteiger partial charge in [-0.1, -0.05) is 35.9 Å². The Hall–Kier alpha value is -1.54. The molecule has 70 valence electrons. The van der Waals surface area contributed by atoms with Gasteiger partial charge in [-0.2, -0.15) is 0 Å². The van der Waals surface area contributed by atoms with Crippen LogP contribution in [-0.4, -0.2) is 5.91 Å². The fraction of sp³-hybridized carbons (Fsp3) is 0. The van der Waals surface area contributed by atoms with Crippen LogP contribution in [0.3, 0.4) is 0 Å². The van der Waals surface area contributed by atoms with Crippen LogP contribution < -0.4 is 5.73 Å². The van der Waals surface area contributed by atoms with Crippen LogP contribution in [0.25, 0.3) is 10.8 Å². The van der Waals surface area contributed by atoms with Gasteiger partial charge in [0.2, 0.25) is 5.91 Å². The minimum Gasteiger partial charge on any atom is -0.366 e. The van der Waals surface area contributed by atoms with E-state index in [0.29, 0.717) is 10.6 Å². The van der Waals surface area contributed by atoms with E-state index >= 15 is 0 Å². The average Bonchev–Trinajstić information content (AvgIpc) is 2.17. The van der Waals surface area contributed by atoms with Crippen molar-refractivity contribution in [3.63, 3.8) is 0 Å². The molecule has 0 aliphatic heterocycles. The average molecular weight is 206 g/mol. The van der Waals surface area contributed by atoms with Gasteiger partial charge in [0.1, 0.15) is 0 Å². The first-order valence-corrected chi connectivity index (χ1v) is 4.55. The van der Waals surface area contributed by atoms with Crippen LogP contribution >= 0.6 is 11.6 Å². The monoisotopic (exact) mass is 205 g/mol. The van der Waals surface area contributed by atoms with Crippen LogP contribution in [0.15, 0.2) is 36.4 Å². The van der Waals surface area contributed by atoms with Crippen LogP contribution in [0.2, 0.25) is 5.02 Å². The predicted molar refractivity (Wildman–Crippen MR) is 57.5 cm³/mol. The van der Waals surface area contributed by atoms with Crippen molar-refractivity contribution in [2.45, 2.75) is 0 Å². The number of amides is 1. The van der Waals surface area contributed by atoms with Crippen LogP contribution in [0.1, 0.15) is 10.4 Å². The first kappa shape index (κ1) is 9.03. The quantitative estimate of drug-likeness (QED) is 0.764. The molecule has 2 aromatic rings. The Morgan fingerprint density at radius 3 is 2.43 bits per heavy atom. The summed E-state index contributed by atoms with van der Waals surface area (Å²) in [5, 5.41) is 2.28. The van der Waals surface area contributed by atoms with Crippen molar-refractivity contribution in [3.8, 4) is 0 Å². The molecule has 0 aliphatic rings. The molecule has 2 aromatic carbocycles. The lowest BCUT2D eigenvalue weighted by Crippen LogP contribution is -2.11. The maximum Gasteiger partial charge on any atom is 0.249 e. The third kappa shape index (κ3) is 1.34. The van der Waals surface area contributed by atoms with Crippen LogP contribution in [0, 0.1) is 0 Å². The van der Waals surface area contributed by atoms with Crippen molar-refractivity contribution >= 4 is 28.3 Å². The zero-order valence-corrected chi connectivity index (χ0v) is 8.08. The Labute approximate surface area is 86.3 Å². The van der Waals surface area contributed by atoms with Crippen molar-refractivity contribution < 1.29 is 4.79 Å². The summed E-state index contributed by atoms with van der Waals surface area (Å²) in [5.41, 5.74) is 5.75. The SMILES string of the molecule is NC(=O)c1cccc2c(Cl)cccc12. The molecule has 3 heteroatoms. The van der Waals surface area contributed by atoms with Gasteiger partial charge in [-0.25, -0.2) is 0 Å². The molecule has 0 heterocycles. The fourth-order valence-electron chi connectivity index (χ4n) is 1.49. The number of nitrogens with two attached hydrogens (primary N) is 1. The highest BCUT2D eigenvalue weighted by Gasteiger charge is 2.06. The van der Waals surface area contributed by atoms with Gasteiger partial charge in [0.15, 0.2) is 0 Å². The molecule has 0 saturated heterocycles. The van der Waals surface area contributed by atoms with E-state index in [1.165, 1.54) is 0 Å². The zero-order chi connectivity index (χ0) is 10.1. The summed E-state index contributed by atoms with van der Waals surface area (Å²) in [6.45, 7) is 0. The maximum absolute atomic E-state index is 11.1. The number of rotatable bonds is 1. The van der Waals surface area contributed by atoms with Crippen molar-refractivity contribution in [2.24, 2.45) is 5.73 Å². The molecule has 2 N–H and O–H groups in total. The molecule has 0 atom stereocenters. The summed E-state index contributed by atoms with van der Waals surface area (Å²) in [5.74, 6) is -0.433. The summed E-state index contributed by atoms with van der Waals surface area (Å²) in [4.78, 5) is 11.1. The van der Waals surface area contributed by atoms with Gasteiger partial charge in [-0.3, -0.25) is 4.79 Å². The Balaban J connectivity index is 2.88. The van der Waals surface area contributed by atoms with Crippen molar-refractivity contribution in [1.29, 1.82) is 0 Å². The normalized spacial score (nSPS) is 10.4. The molecular formula is C11H8ClNO. The second-order valence-electron chi connectivity index (χ2n) is 3.00. The van der Waals surface area contributed by atoms with Crippen molar-refractivity contribution in [3.05, 3.63) is 47.0 Å². The molecule has 0 bridgehead atoms. The third-order valence-electron chi connectivity index (χ3n) is 2.13. The van der Waals surface area contributed by atoms with Gasteiger partial charge >= 0.3 is 0 Å². The third-order valence-corrected chi connectivity index (χ3v) is 2.46. The van der Waals surface area contributed by atoms with Crippen molar-refractivity contribution in [1.82, 2.24) is 0 Å². The molecule has 1 amide bonds. The topological polar surface area (TPSA) is 43.1 Å².